The lowest BCUT2D eigenvalue weighted by Crippen LogP contribution is -2.52. The lowest BCUT2D eigenvalue weighted by molar-refractivity contribution is -0.120. The van der Waals surface area contributed by atoms with Crippen LogP contribution in [0, 0.1) is 6.92 Å². The molecule has 0 spiro atoms. The van der Waals surface area contributed by atoms with Crippen molar-refractivity contribution in [3.8, 4) is 0 Å². The van der Waals surface area contributed by atoms with Crippen LogP contribution in [0.2, 0.25) is 0 Å². The van der Waals surface area contributed by atoms with Gasteiger partial charge in [-0.25, -0.2) is 0 Å². The molecule has 1 aromatic heterocycles. The normalized spacial score (nSPS) is 15.0. The summed E-state index contributed by atoms with van der Waals surface area (Å²) in [5.41, 5.74) is 3.14. The van der Waals surface area contributed by atoms with E-state index in [4.69, 9.17) is 0 Å². The maximum atomic E-state index is 12.8. The van der Waals surface area contributed by atoms with E-state index < -0.39 is 0 Å². The summed E-state index contributed by atoms with van der Waals surface area (Å²) in [6, 6.07) is 15.3. The summed E-state index contributed by atoms with van der Waals surface area (Å²) in [7, 11) is 0. The Hall–Kier alpha value is -3.15. The van der Waals surface area contributed by atoms with Crippen LogP contribution in [-0.2, 0) is 4.79 Å². The molecule has 126 valence electrons. The van der Waals surface area contributed by atoms with E-state index in [1.54, 1.807) is 9.80 Å². The number of hydrogen-bond donors (Lipinski definition) is 1. The summed E-state index contributed by atoms with van der Waals surface area (Å²) >= 11 is 0. The van der Waals surface area contributed by atoms with E-state index in [-0.39, 0.29) is 18.4 Å². The Kier molecular flexibility index (Phi) is 3.72. The topological polar surface area (TPSA) is 69.3 Å². The number of benzene rings is 2. The molecule has 1 aliphatic heterocycles. The van der Waals surface area contributed by atoms with Crippen molar-refractivity contribution >= 4 is 28.4 Å². The number of amides is 2. The first kappa shape index (κ1) is 15.4. The van der Waals surface area contributed by atoms with Gasteiger partial charge in [0.2, 0.25) is 5.91 Å². The number of fused-ring (bicyclic) bond motifs is 1. The van der Waals surface area contributed by atoms with Gasteiger partial charge in [-0.1, -0.05) is 36.4 Å². The molecule has 1 aliphatic rings. The van der Waals surface area contributed by atoms with E-state index in [0.29, 0.717) is 18.8 Å². The number of anilines is 1. The number of hydrogen-bond acceptors (Lipinski definition) is 3. The summed E-state index contributed by atoms with van der Waals surface area (Å²) < 4.78 is 0. The van der Waals surface area contributed by atoms with Crippen LogP contribution >= 0.6 is 0 Å². The van der Waals surface area contributed by atoms with Crippen LogP contribution < -0.4 is 4.90 Å². The first-order chi connectivity index (χ1) is 12.1. The minimum atomic E-state index is -0.213. The molecule has 0 bridgehead atoms. The Balaban J connectivity index is 1.56. The number of aryl methyl sites for hydroxylation is 1. The van der Waals surface area contributed by atoms with E-state index in [9.17, 15) is 9.59 Å². The first-order valence-electron chi connectivity index (χ1n) is 8.23. The zero-order valence-corrected chi connectivity index (χ0v) is 13.9. The number of H-pyrrole nitrogens is 1. The maximum absolute atomic E-state index is 12.8. The molecule has 2 amide bonds. The second-order valence-electron chi connectivity index (χ2n) is 6.18. The van der Waals surface area contributed by atoms with Crippen molar-refractivity contribution in [1.82, 2.24) is 15.1 Å². The average Bonchev–Trinajstić information content (AvgIpc) is 3.06. The van der Waals surface area contributed by atoms with E-state index in [1.165, 1.54) is 0 Å². The van der Waals surface area contributed by atoms with E-state index >= 15 is 0 Å². The van der Waals surface area contributed by atoms with Crippen molar-refractivity contribution in [2.24, 2.45) is 0 Å². The third-order valence-electron chi connectivity index (χ3n) is 4.59. The second kappa shape index (κ2) is 6.05. The second-order valence-corrected chi connectivity index (χ2v) is 6.18. The van der Waals surface area contributed by atoms with Crippen LogP contribution in [0.1, 0.15) is 16.1 Å². The average molecular weight is 334 g/mol. The highest BCUT2D eigenvalue weighted by Gasteiger charge is 2.30. The molecule has 0 saturated carbocycles. The summed E-state index contributed by atoms with van der Waals surface area (Å²) in [5, 5.41) is 7.79. The molecular formula is C19H18N4O2. The highest BCUT2D eigenvalue weighted by Crippen LogP contribution is 2.23. The fraction of sp³-hybridized carbons (Fsp3) is 0.211. The molecular weight excluding hydrogens is 316 g/mol. The lowest BCUT2D eigenvalue weighted by Gasteiger charge is -2.34. The molecule has 4 rings (SSSR count). The van der Waals surface area contributed by atoms with Gasteiger partial charge in [0.1, 0.15) is 6.54 Å². The van der Waals surface area contributed by atoms with Gasteiger partial charge in [-0.05, 0) is 24.6 Å². The van der Waals surface area contributed by atoms with Crippen LogP contribution in [-0.4, -0.2) is 46.5 Å². The van der Waals surface area contributed by atoms with Gasteiger partial charge in [-0.2, -0.15) is 5.10 Å². The van der Waals surface area contributed by atoms with Crippen LogP contribution in [0.3, 0.4) is 0 Å². The number of nitrogens with one attached hydrogen (secondary N) is 1. The van der Waals surface area contributed by atoms with Crippen LogP contribution in [0.25, 0.3) is 10.9 Å². The largest absolute Gasteiger partial charge is 0.326 e. The predicted molar refractivity (Wildman–Crippen MR) is 95.5 cm³/mol. The van der Waals surface area contributed by atoms with Crippen molar-refractivity contribution in [2.45, 2.75) is 6.92 Å². The number of carbonyl (C=O) groups is 2. The van der Waals surface area contributed by atoms with Gasteiger partial charge in [0, 0.05) is 24.2 Å². The number of para-hydroxylation sites is 2. The lowest BCUT2D eigenvalue weighted by atomic mass is 10.1. The van der Waals surface area contributed by atoms with Crippen molar-refractivity contribution in [3.05, 3.63) is 59.8 Å². The molecule has 2 heterocycles. The Morgan fingerprint density at radius 2 is 1.84 bits per heavy atom. The Morgan fingerprint density at radius 3 is 2.64 bits per heavy atom. The molecule has 3 aromatic rings. The summed E-state index contributed by atoms with van der Waals surface area (Å²) in [6.07, 6.45) is 0. The number of rotatable bonds is 2. The molecule has 6 heteroatoms. The maximum Gasteiger partial charge on any atom is 0.275 e. The van der Waals surface area contributed by atoms with Gasteiger partial charge >= 0.3 is 0 Å². The van der Waals surface area contributed by atoms with Crippen molar-refractivity contribution in [2.75, 3.05) is 24.5 Å². The van der Waals surface area contributed by atoms with Gasteiger partial charge in [0.15, 0.2) is 5.69 Å². The molecule has 0 atom stereocenters. The number of aromatic amines is 1. The van der Waals surface area contributed by atoms with E-state index in [1.807, 2.05) is 55.5 Å². The zero-order valence-electron chi connectivity index (χ0n) is 13.9. The molecule has 6 nitrogen and oxygen atoms in total. The fourth-order valence-electron chi connectivity index (χ4n) is 3.24. The molecule has 0 radical (unpaired) electrons. The summed E-state index contributed by atoms with van der Waals surface area (Å²) in [5.74, 6) is -0.288. The van der Waals surface area contributed by atoms with Gasteiger partial charge in [0.25, 0.3) is 5.91 Å². The van der Waals surface area contributed by atoms with Crippen LogP contribution in [0.15, 0.2) is 48.5 Å². The molecule has 1 saturated heterocycles. The summed E-state index contributed by atoms with van der Waals surface area (Å²) in [6.45, 7) is 3.02. The number of aromatic nitrogens is 2. The molecule has 0 aliphatic carbocycles. The Bertz CT molecular complexity index is 963. The first-order valence-corrected chi connectivity index (χ1v) is 8.23. The highest BCUT2D eigenvalue weighted by atomic mass is 16.2. The Labute approximate surface area is 145 Å². The van der Waals surface area contributed by atoms with Gasteiger partial charge in [-0.3, -0.25) is 14.7 Å². The molecule has 25 heavy (non-hydrogen) atoms. The SMILES string of the molecule is Cc1ccccc1N1CCN(C(=O)c2n[nH]c3ccccc23)CC1=O. The molecule has 0 unspecified atom stereocenters. The van der Waals surface area contributed by atoms with Gasteiger partial charge in [-0.15, -0.1) is 0 Å². The third kappa shape index (κ3) is 2.65. The third-order valence-corrected chi connectivity index (χ3v) is 4.59. The van der Waals surface area contributed by atoms with Crippen molar-refractivity contribution < 1.29 is 9.59 Å². The minimum Gasteiger partial charge on any atom is -0.326 e. The quantitative estimate of drug-likeness (QED) is 0.782. The predicted octanol–water partition coefficient (Wildman–Crippen LogP) is 2.36. The number of carbonyl (C=O) groups excluding carboxylic acids is 2. The van der Waals surface area contributed by atoms with E-state index in [0.717, 1.165) is 22.2 Å². The Morgan fingerprint density at radius 1 is 1.08 bits per heavy atom. The fourth-order valence-corrected chi connectivity index (χ4v) is 3.24. The summed E-state index contributed by atoms with van der Waals surface area (Å²) in [4.78, 5) is 28.7. The van der Waals surface area contributed by atoms with Gasteiger partial charge < -0.3 is 9.80 Å². The molecule has 2 aromatic carbocycles. The number of piperazine rings is 1. The van der Waals surface area contributed by atoms with E-state index in [2.05, 4.69) is 10.2 Å². The van der Waals surface area contributed by atoms with Gasteiger partial charge in [0.05, 0.1) is 5.52 Å². The van der Waals surface area contributed by atoms with Crippen LogP contribution in [0.5, 0.6) is 0 Å². The highest BCUT2D eigenvalue weighted by molar-refractivity contribution is 6.07. The standard InChI is InChI=1S/C19H18N4O2/c1-13-6-2-5-9-16(13)23-11-10-22(12-17(23)24)19(25)18-14-7-3-4-8-15(14)20-21-18/h2-9H,10-12H2,1H3,(H,20,21). The monoisotopic (exact) mass is 334 g/mol. The molecule has 1 fully saturated rings. The smallest absolute Gasteiger partial charge is 0.275 e. The van der Waals surface area contributed by atoms with Crippen molar-refractivity contribution in [3.63, 3.8) is 0 Å². The zero-order chi connectivity index (χ0) is 17.4. The minimum absolute atomic E-state index is 0.0638. The van der Waals surface area contributed by atoms with Crippen molar-refractivity contribution in [1.29, 1.82) is 0 Å². The number of nitrogens with zero attached hydrogens (tertiary/aromatic N) is 3. The van der Waals surface area contributed by atoms with Crippen LogP contribution in [0.4, 0.5) is 5.69 Å². The molecule has 1 N–H and O–H groups in total.